The summed E-state index contributed by atoms with van der Waals surface area (Å²) in [6, 6.07) is 8.20. The lowest BCUT2D eigenvalue weighted by molar-refractivity contribution is -0.00634. The zero-order valence-corrected chi connectivity index (χ0v) is 17.6. The van der Waals surface area contributed by atoms with Crippen molar-refractivity contribution in [3.05, 3.63) is 59.3 Å². The Labute approximate surface area is 180 Å². The predicted molar refractivity (Wildman–Crippen MR) is 112 cm³/mol. The number of anilines is 1. The number of benzene rings is 1. The van der Waals surface area contributed by atoms with Gasteiger partial charge in [0, 0.05) is 52.1 Å². The van der Waals surface area contributed by atoms with Gasteiger partial charge in [0.2, 0.25) is 0 Å². The molecule has 3 fully saturated rings. The summed E-state index contributed by atoms with van der Waals surface area (Å²) in [6.07, 6.45) is 2.39. The number of piperidine rings is 1. The molecule has 0 aliphatic carbocycles. The molecular formula is C23H26F2N4O2. The maximum absolute atomic E-state index is 13.8. The Morgan fingerprint density at radius 3 is 2.61 bits per heavy atom. The van der Waals surface area contributed by atoms with Crippen LogP contribution < -0.4 is 4.90 Å². The zero-order valence-electron chi connectivity index (χ0n) is 17.6. The SMILES string of the molecule is Cc1cc(F)cc(CN2CCN3C(=O)OC4(CCN(c5ccc(F)cn5)CC4)C3C2)c1. The minimum absolute atomic E-state index is 0.0215. The van der Waals surface area contributed by atoms with E-state index in [2.05, 4.69) is 14.8 Å². The molecule has 8 heteroatoms. The van der Waals surface area contributed by atoms with E-state index in [0.717, 1.165) is 23.5 Å². The third-order valence-corrected chi connectivity index (χ3v) is 6.75. The number of carbonyl (C=O) groups excluding carboxylic acids is 1. The van der Waals surface area contributed by atoms with E-state index >= 15 is 0 Å². The molecule has 1 spiro atoms. The monoisotopic (exact) mass is 428 g/mol. The van der Waals surface area contributed by atoms with Crippen LogP contribution in [-0.2, 0) is 11.3 Å². The lowest BCUT2D eigenvalue weighted by Crippen LogP contribution is -2.60. The Morgan fingerprint density at radius 1 is 1.10 bits per heavy atom. The van der Waals surface area contributed by atoms with Crippen molar-refractivity contribution in [1.82, 2.24) is 14.8 Å². The number of hydrogen-bond donors (Lipinski definition) is 0. The molecule has 3 aliphatic rings. The van der Waals surface area contributed by atoms with Crippen LogP contribution in [0.5, 0.6) is 0 Å². The summed E-state index contributed by atoms with van der Waals surface area (Å²) < 4.78 is 33.0. The Morgan fingerprint density at radius 2 is 1.90 bits per heavy atom. The molecule has 1 atom stereocenters. The first kappa shape index (κ1) is 20.2. The van der Waals surface area contributed by atoms with Crippen LogP contribution in [-0.4, -0.2) is 65.2 Å². The van der Waals surface area contributed by atoms with E-state index in [1.165, 1.54) is 18.3 Å². The molecule has 31 heavy (non-hydrogen) atoms. The Balaban J connectivity index is 1.29. The summed E-state index contributed by atoms with van der Waals surface area (Å²) in [5, 5.41) is 0. The van der Waals surface area contributed by atoms with E-state index in [-0.39, 0.29) is 23.8 Å². The minimum atomic E-state index is -0.524. The maximum Gasteiger partial charge on any atom is 0.410 e. The van der Waals surface area contributed by atoms with Crippen molar-refractivity contribution in [2.45, 2.75) is 38.0 Å². The highest BCUT2D eigenvalue weighted by molar-refractivity contribution is 5.72. The van der Waals surface area contributed by atoms with Crippen LogP contribution in [0, 0.1) is 18.6 Å². The zero-order chi connectivity index (χ0) is 21.6. The smallest absolute Gasteiger partial charge is 0.410 e. The van der Waals surface area contributed by atoms with Crippen molar-refractivity contribution in [3.63, 3.8) is 0 Å². The van der Waals surface area contributed by atoms with Crippen LogP contribution in [0.2, 0.25) is 0 Å². The first-order chi connectivity index (χ1) is 14.9. The molecule has 2 aromatic rings. The second-order valence-electron chi connectivity index (χ2n) is 8.84. The summed E-state index contributed by atoms with van der Waals surface area (Å²) in [7, 11) is 0. The summed E-state index contributed by atoms with van der Waals surface area (Å²) in [4.78, 5) is 23.0. The number of hydrogen-bond acceptors (Lipinski definition) is 5. The molecule has 1 aromatic carbocycles. The van der Waals surface area contributed by atoms with Gasteiger partial charge in [-0.25, -0.2) is 18.6 Å². The number of nitrogens with zero attached hydrogens (tertiary/aromatic N) is 4. The molecule has 0 bridgehead atoms. The first-order valence-electron chi connectivity index (χ1n) is 10.8. The summed E-state index contributed by atoms with van der Waals surface area (Å²) in [6.45, 7) is 5.99. The number of pyridine rings is 1. The number of piperazine rings is 1. The number of aromatic nitrogens is 1. The van der Waals surface area contributed by atoms with Gasteiger partial charge in [0.1, 0.15) is 23.1 Å². The Kier molecular flexibility index (Phi) is 5.04. The van der Waals surface area contributed by atoms with Crippen LogP contribution in [0.25, 0.3) is 0 Å². The molecule has 3 saturated heterocycles. The van der Waals surface area contributed by atoms with E-state index in [4.69, 9.17) is 4.74 Å². The molecule has 5 rings (SSSR count). The van der Waals surface area contributed by atoms with Crippen molar-refractivity contribution in [2.75, 3.05) is 37.6 Å². The lowest BCUT2D eigenvalue weighted by atomic mass is 9.83. The highest BCUT2D eigenvalue weighted by atomic mass is 19.1. The van der Waals surface area contributed by atoms with Crippen molar-refractivity contribution >= 4 is 11.9 Å². The highest BCUT2D eigenvalue weighted by Gasteiger charge is 2.56. The largest absolute Gasteiger partial charge is 0.440 e. The maximum atomic E-state index is 13.8. The standard InChI is InChI=1S/C23H26F2N4O2/c1-16-10-17(12-19(25)11-16)14-27-8-9-29-20(15-27)23(31-22(29)30)4-6-28(7-5-23)21-3-2-18(24)13-26-21/h2-3,10-13,20H,4-9,14-15H2,1H3. The fourth-order valence-corrected chi connectivity index (χ4v) is 5.22. The summed E-state index contributed by atoms with van der Waals surface area (Å²) in [5.74, 6) is 0.170. The molecule has 1 amide bonds. The Hall–Kier alpha value is -2.74. The van der Waals surface area contributed by atoms with E-state index < -0.39 is 5.60 Å². The number of ether oxygens (including phenoxy) is 1. The van der Waals surface area contributed by atoms with Gasteiger partial charge < -0.3 is 9.64 Å². The topological polar surface area (TPSA) is 48.9 Å². The van der Waals surface area contributed by atoms with Crippen LogP contribution in [0.1, 0.15) is 24.0 Å². The molecule has 6 nitrogen and oxygen atoms in total. The molecule has 3 aliphatic heterocycles. The van der Waals surface area contributed by atoms with Crippen molar-refractivity contribution < 1.29 is 18.3 Å². The number of carbonyl (C=O) groups is 1. The third-order valence-electron chi connectivity index (χ3n) is 6.75. The highest BCUT2D eigenvalue weighted by Crippen LogP contribution is 2.41. The van der Waals surface area contributed by atoms with Crippen LogP contribution in [0.15, 0.2) is 36.5 Å². The van der Waals surface area contributed by atoms with Crippen molar-refractivity contribution in [3.8, 4) is 0 Å². The summed E-state index contributed by atoms with van der Waals surface area (Å²) >= 11 is 0. The second kappa shape index (κ2) is 7.75. The van der Waals surface area contributed by atoms with Gasteiger partial charge in [-0.15, -0.1) is 0 Å². The van der Waals surface area contributed by atoms with Crippen LogP contribution in [0.3, 0.4) is 0 Å². The average Bonchev–Trinajstić information content (AvgIpc) is 2.99. The molecule has 0 saturated carbocycles. The van der Waals surface area contributed by atoms with Gasteiger partial charge in [-0.1, -0.05) is 6.07 Å². The predicted octanol–water partition coefficient (Wildman–Crippen LogP) is 3.34. The van der Waals surface area contributed by atoms with Gasteiger partial charge in [-0.05, 0) is 42.3 Å². The normalized spacial score (nSPS) is 23.2. The summed E-state index contributed by atoms with van der Waals surface area (Å²) in [5.41, 5.74) is 1.33. The van der Waals surface area contributed by atoms with Gasteiger partial charge in [-0.2, -0.15) is 0 Å². The second-order valence-corrected chi connectivity index (χ2v) is 8.84. The number of rotatable bonds is 3. The molecule has 1 unspecified atom stereocenters. The van der Waals surface area contributed by atoms with Crippen molar-refractivity contribution in [1.29, 1.82) is 0 Å². The third kappa shape index (κ3) is 3.84. The quantitative estimate of drug-likeness (QED) is 0.751. The van der Waals surface area contributed by atoms with E-state index in [1.807, 2.05) is 17.9 Å². The average molecular weight is 428 g/mol. The van der Waals surface area contributed by atoms with E-state index in [0.29, 0.717) is 45.6 Å². The van der Waals surface area contributed by atoms with Gasteiger partial charge in [0.05, 0.1) is 12.2 Å². The van der Waals surface area contributed by atoms with Gasteiger partial charge in [0.25, 0.3) is 0 Å². The van der Waals surface area contributed by atoms with E-state index in [9.17, 15) is 13.6 Å². The van der Waals surface area contributed by atoms with Gasteiger partial charge in [0.15, 0.2) is 0 Å². The van der Waals surface area contributed by atoms with E-state index in [1.54, 1.807) is 12.1 Å². The molecule has 0 N–H and O–H groups in total. The van der Waals surface area contributed by atoms with Crippen LogP contribution in [0.4, 0.5) is 19.4 Å². The first-order valence-corrected chi connectivity index (χ1v) is 10.8. The van der Waals surface area contributed by atoms with Crippen LogP contribution >= 0.6 is 0 Å². The number of amides is 1. The molecule has 164 valence electrons. The van der Waals surface area contributed by atoms with Gasteiger partial charge >= 0.3 is 6.09 Å². The van der Waals surface area contributed by atoms with Gasteiger partial charge in [-0.3, -0.25) is 9.80 Å². The number of halogens is 2. The number of aryl methyl sites for hydroxylation is 1. The van der Waals surface area contributed by atoms with Crippen molar-refractivity contribution in [2.24, 2.45) is 0 Å². The molecule has 4 heterocycles. The number of fused-ring (bicyclic) bond motifs is 2. The molecule has 1 aromatic heterocycles. The fraction of sp³-hybridized carbons (Fsp3) is 0.478. The fourth-order valence-electron chi connectivity index (χ4n) is 5.22. The lowest BCUT2D eigenvalue weighted by Gasteiger charge is -2.45. The molecular weight excluding hydrogens is 402 g/mol. The minimum Gasteiger partial charge on any atom is -0.440 e. The molecule has 0 radical (unpaired) electrons. The Bertz CT molecular complexity index is 956.